The molecule has 1 aliphatic rings. The number of rotatable bonds is 6. The van der Waals surface area contributed by atoms with Gasteiger partial charge in [-0.2, -0.15) is 0 Å². The molecule has 0 saturated carbocycles. The number of hydrogen-bond donors (Lipinski definition) is 2. The van der Waals surface area contributed by atoms with Gasteiger partial charge in [0, 0.05) is 49.2 Å². The lowest BCUT2D eigenvalue weighted by molar-refractivity contribution is -0.114. The fourth-order valence-electron chi connectivity index (χ4n) is 4.17. The third kappa shape index (κ3) is 4.78. The van der Waals surface area contributed by atoms with Crippen LogP contribution in [-0.2, 0) is 9.53 Å². The second-order valence-electron chi connectivity index (χ2n) is 8.68. The third-order valence-electron chi connectivity index (χ3n) is 5.80. The number of ether oxygens (including phenoxy) is 1. The normalized spacial score (nSPS) is 13.9. The Kier molecular flexibility index (Phi) is 6.28. The van der Waals surface area contributed by atoms with Crippen LogP contribution in [0.25, 0.3) is 22.6 Å². The molecule has 0 bridgehead atoms. The number of aromatic nitrogens is 5. The van der Waals surface area contributed by atoms with Gasteiger partial charge in [-0.25, -0.2) is 19.9 Å². The lowest BCUT2D eigenvalue weighted by Crippen LogP contribution is -2.36. The summed E-state index contributed by atoms with van der Waals surface area (Å²) >= 11 is 0. The summed E-state index contributed by atoms with van der Waals surface area (Å²) in [6.45, 7) is 8.82. The highest BCUT2D eigenvalue weighted by Gasteiger charge is 2.20. The summed E-state index contributed by atoms with van der Waals surface area (Å²) in [5.41, 5.74) is 3.91. The van der Waals surface area contributed by atoms with Crippen LogP contribution in [0.4, 0.5) is 23.0 Å². The number of nitrogens with zero attached hydrogens (tertiary/aromatic N) is 6. The molecule has 1 aliphatic heterocycles. The number of nitrogens with one attached hydrogen (secondary N) is 2. The smallest absolute Gasteiger partial charge is 0.221 e. The van der Waals surface area contributed by atoms with Gasteiger partial charge in [0.2, 0.25) is 5.91 Å². The van der Waals surface area contributed by atoms with Gasteiger partial charge in [0.25, 0.3) is 0 Å². The number of fused-ring (bicyclic) bond motifs is 1. The van der Waals surface area contributed by atoms with Crippen molar-refractivity contribution in [2.75, 3.05) is 41.8 Å². The number of hydrogen-bond acceptors (Lipinski definition) is 8. The first-order chi connectivity index (χ1) is 17.0. The molecule has 180 valence electrons. The van der Waals surface area contributed by atoms with E-state index in [2.05, 4.69) is 50.0 Å². The number of benzene rings is 1. The largest absolute Gasteiger partial charge is 0.378 e. The highest BCUT2D eigenvalue weighted by molar-refractivity contribution is 5.90. The molecule has 4 aromatic rings. The Bertz CT molecular complexity index is 1330. The predicted molar refractivity (Wildman–Crippen MR) is 136 cm³/mol. The summed E-state index contributed by atoms with van der Waals surface area (Å²) in [5.74, 6) is 2.23. The van der Waals surface area contributed by atoms with Crippen molar-refractivity contribution in [1.29, 1.82) is 0 Å². The van der Waals surface area contributed by atoms with Crippen molar-refractivity contribution in [3.8, 4) is 11.4 Å². The summed E-state index contributed by atoms with van der Waals surface area (Å²) in [7, 11) is 0. The third-order valence-corrected chi connectivity index (χ3v) is 5.80. The molecule has 0 aliphatic carbocycles. The Labute approximate surface area is 203 Å². The molecular weight excluding hydrogens is 444 g/mol. The Balaban J connectivity index is 1.48. The number of imidazole rings is 1. The van der Waals surface area contributed by atoms with Crippen molar-refractivity contribution in [3.05, 3.63) is 48.9 Å². The topological polar surface area (TPSA) is 110 Å². The molecule has 1 aromatic carbocycles. The van der Waals surface area contributed by atoms with Crippen LogP contribution in [0.2, 0.25) is 0 Å². The van der Waals surface area contributed by atoms with Crippen molar-refractivity contribution < 1.29 is 9.53 Å². The molecule has 10 heteroatoms. The van der Waals surface area contributed by atoms with Crippen molar-refractivity contribution in [2.45, 2.75) is 26.8 Å². The van der Waals surface area contributed by atoms with E-state index < -0.39 is 0 Å². The molecule has 0 atom stereocenters. The lowest BCUT2D eigenvalue weighted by Gasteiger charge is -2.27. The lowest BCUT2D eigenvalue weighted by atomic mass is 10.2. The van der Waals surface area contributed by atoms with E-state index in [1.165, 1.54) is 6.92 Å². The number of anilines is 4. The molecule has 3 aromatic heterocycles. The van der Waals surface area contributed by atoms with E-state index in [4.69, 9.17) is 14.7 Å². The van der Waals surface area contributed by atoms with Gasteiger partial charge in [-0.3, -0.25) is 4.79 Å². The fourth-order valence-corrected chi connectivity index (χ4v) is 4.17. The van der Waals surface area contributed by atoms with Gasteiger partial charge in [-0.05, 0) is 50.2 Å². The highest BCUT2D eigenvalue weighted by atomic mass is 16.5. The van der Waals surface area contributed by atoms with E-state index in [0.717, 1.165) is 60.5 Å². The van der Waals surface area contributed by atoms with Crippen LogP contribution in [0.1, 0.15) is 26.8 Å². The van der Waals surface area contributed by atoms with Crippen LogP contribution in [0.15, 0.2) is 48.9 Å². The van der Waals surface area contributed by atoms with Crippen molar-refractivity contribution in [2.24, 2.45) is 0 Å². The second-order valence-corrected chi connectivity index (χ2v) is 8.68. The SMILES string of the molecule is CC(=O)Nc1ccc(Nc2ncnc3c2nc(-c2ccc(N4CCOCC4)nc2)n3C(C)C)cc1. The van der Waals surface area contributed by atoms with Gasteiger partial charge in [0.1, 0.15) is 18.0 Å². The minimum atomic E-state index is -0.109. The van der Waals surface area contributed by atoms with Crippen LogP contribution in [0, 0.1) is 0 Å². The van der Waals surface area contributed by atoms with Gasteiger partial charge in [0.05, 0.1) is 13.2 Å². The zero-order chi connectivity index (χ0) is 24.4. The van der Waals surface area contributed by atoms with Crippen molar-refractivity contribution >= 4 is 40.1 Å². The molecule has 10 nitrogen and oxygen atoms in total. The minimum absolute atomic E-state index is 0.109. The maximum absolute atomic E-state index is 11.3. The summed E-state index contributed by atoms with van der Waals surface area (Å²) < 4.78 is 7.55. The molecule has 1 saturated heterocycles. The van der Waals surface area contributed by atoms with E-state index in [1.807, 2.05) is 36.5 Å². The maximum Gasteiger partial charge on any atom is 0.221 e. The molecule has 1 amide bonds. The van der Waals surface area contributed by atoms with Gasteiger partial charge in [0.15, 0.2) is 17.0 Å². The first-order valence-electron chi connectivity index (χ1n) is 11.7. The Morgan fingerprint density at radius 3 is 2.40 bits per heavy atom. The zero-order valence-corrected chi connectivity index (χ0v) is 20.0. The quantitative estimate of drug-likeness (QED) is 0.433. The number of pyridine rings is 1. The summed E-state index contributed by atoms with van der Waals surface area (Å²) in [5, 5.41) is 6.11. The molecule has 1 fully saturated rings. The van der Waals surface area contributed by atoms with Crippen LogP contribution >= 0.6 is 0 Å². The van der Waals surface area contributed by atoms with E-state index in [0.29, 0.717) is 11.3 Å². The van der Waals surface area contributed by atoms with Crippen LogP contribution in [-0.4, -0.2) is 56.7 Å². The van der Waals surface area contributed by atoms with Crippen LogP contribution in [0.3, 0.4) is 0 Å². The van der Waals surface area contributed by atoms with Crippen molar-refractivity contribution in [3.63, 3.8) is 0 Å². The molecular formula is C25H28N8O2. The zero-order valence-electron chi connectivity index (χ0n) is 20.0. The number of amides is 1. The monoisotopic (exact) mass is 472 g/mol. The summed E-state index contributed by atoms with van der Waals surface area (Å²) in [6, 6.07) is 11.7. The molecule has 0 unspecified atom stereocenters. The molecule has 35 heavy (non-hydrogen) atoms. The summed E-state index contributed by atoms with van der Waals surface area (Å²) in [6.07, 6.45) is 3.41. The molecule has 2 N–H and O–H groups in total. The highest BCUT2D eigenvalue weighted by Crippen LogP contribution is 2.31. The molecule has 0 spiro atoms. The Hall–Kier alpha value is -4.05. The Morgan fingerprint density at radius 2 is 1.74 bits per heavy atom. The fraction of sp³-hybridized carbons (Fsp3) is 0.320. The average Bonchev–Trinajstić information content (AvgIpc) is 3.27. The van der Waals surface area contributed by atoms with Gasteiger partial charge in [-0.15, -0.1) is 0 Å². The van der Waals surface area contributed by atoms with Crippen LogP contribution < -0.4 is 15.5 Å². The van der Waals surface area contributed by atoms with E-state index in [-0.39, 0.29) is 11.9 Å². The predicted octanol–water partition coefficient (Wildman–Crippen LogP) is 4.01. The number of morpholine rings is 1. The second kappa shape index (κ2) is 9.67. The minimum Gasteiger partial charge on any atom is -0.378 e. The summed E-state index contributed by atoms with van der Waals surface area (Å²) in [4.78, 5) is 32.2. The maximum atomic E-state index is 11.3. The van der Waals surface area contributed by atoms with E-state index in [9.17, 15) is 4.79 Å². The van der Waals surface area contributed by atoms with Gasteiger partial charge < -0.3 is 24.8 Å². The van der Waals surface area contributed by atoms with Gasteiger partial charge >= 0.3 is 0 Å². The van der Waals surface area contributed by atoms with Crippen LogP contribution in [0.5, 0.6) is 0 Å². The number of carbonyl (C=O) groups excluding carboxylic acids is 1. The van der Waals surface area contributed by atoms with E-state index >= 15 is 0 Å². The molecule has 5 rings (SSSR count). The Morgan fingerprint density at radius 1 is 1.00 bits per heavy atom. The number of carbonyl (C=O) groups is 1. The standard InChI is InChI=1S/C25H28N8O2/c1-16(2)33-24(18-4-9-21(26-14-18)32-10-12-35-13-11-32)31-22-23(27-15-28-25(22)33)30-20-7-5-19(6-8-20)29-17(3)34/h4-9,14-16H,10-13H2,1-3H3,(H,29,34)(H,27,28,30). The van der Waals surface area contributed by atoms with Crippen molar-refractivity contribution in [1.82, 2.24) is 24.5 Å². The first kappa shape index (κ1) is 22.7. The first-order valence-corrected chi connectivity index (χ1v) is 11.7. The van der Waals surface area contributed by atoms with E-state index in [1.54, 1.807) is 6.33 Å². The van der Waals surface area contributed by atoms with Gasteiger partial charge in [-0.1, -0.05) is 0 Å². The molecule has 4 heterocycles. The average molecular weight is 473 g/mol. The molecule has 0 radical (unpaired) electrons.